The van der Waals surface area contributed by atoms with E-state index in [-0.39, 0.29) is 23.2 Å². The van der Waals surface area contributed by atoms with E-state index in [2.05, 4.69) is 11.6 Å². The van der Waals surface area contributed by atoms with Gasteiger partial charge in [-0.05, 0) is 24.6 Å². The molecule has 0 aliphatic carbocycles. The van der Waals surface area contributed by atoms with Crippen LogP contribution in [-0.2, 0) is 18.8 Å². The molecule has 1 aromatic carbocycles. The van der Waals surface area contributed by atoms with Gasteiger partial charge in [-0.2, -0.15) is 0 Å². The second kappa shape index (κ2) is 7.98. The molecule has 2 heterocycles. The van der Waals surface area contributed by atoms with Crippen molar-refractivity contribution in [2.75, 3.05) is 25.6 Å². The summed E-state index contributed by atoms with van der Waals surface area (Å²) in [5.41, 5.74) is 1.77. The maximum Gasteiger partial charge on any atom is 0.340 e. The van der Waals surface area contributed by atoms with Gasteiger partial charge in [-0.25, -0.2) is 14.6 Å². The average molecular weight is 408 g/mol. The summed E-state index contributed by atoms with van der Waals surface area (Å²) in [6, 6.07) is 7.45. The van der Waals surface area contributed by atoms with Crippen LogP contribution in [0.15, 0.2) is 46.5 Å². The quantitative estimate of drug-likeness (QED) is 0.474. The molecule has 3 aromatic rings. The summed E-state index contributed by atoms with van der Waals surface area (Å²) in [6.07, 6.45) is 1.47. The van der Waals surface area contributed by atoms with Crippen LogP contribution in [0.2, 0.25) is 0 Å². The van der Waals surface area contributed by atoms with Crippen molar-refractivity contribution in [3.05, 3.63) is 69.0 Å². The van der Waals surface area contributed by atoms with E-state index < -0.39 is 17.2 Å². The Morgan fingerprint density at radius 2 is 1.80 bits per heavy atom. The zero-order valence-corrected chi connectivity index (χ0v) is 17.7. The highest BCUT2D eigenvalue weighted by Crippen LogP contribution is 2.32. The van der Waals surface area contributed by atoms with Gasteiger partial charge in [0.15, 0.2) is 0 Å². The lowest BCUT2D eigenvalue weighted by atomic mass is 9.95. The number of ether oxygens (including phenoxy) is 1. The Kier molecular flexibility index (Phi) is 5.60. The first kappa shape index (κ1) is 21.0. The third-order valence-electron chi connectivity index (χ3n) is 4.98. The SMILES string of the molecule is C=CCOC(=O)c1c(C)nc2c(c1-c1ccc(N(C)C)cc1)c(=O)n(C)c(=O)n2C. The van der Waals surface area contributed by atoms with Gasteiger partial charge in [-0.15, -0.1) is 0 Å². The molecule has 0 amide bonds. The third kappa shape index (κ3) is 3.41. The number of pyridine rings is 1. The maximum atomic E-state index is 13.1. The summed E-state index contributed by atoms with van der Waals surface area (Å²) in [6.45, 7) is 5.25. The molecule has 2 aromatic heterocycles. The Morgan fingerprint density at radius 1 is 1.17 bits per heavy atom. The molecule has 3 rings (SSSR count). The molecule has 0 radical (unpaired) electrons. The summed E-state index contributed by atoms with van der Waals surface area (Å²) in [4.78, 5) is 44.8. The van der Waals surface area contributed by atoms with Crippen molar-refractivity contribution >= 4 is 22.7 Å². The second-order valence-corrected chi connectivity index (χ2v) is 7.18. The molecule has 0 saturated carbocycles. The first-order valence-electron chi connectivity index (χ1n) is 9.35. The van der Waals surface area contributed by atoms with E-state index in [1.807, 2.05) is 43.3 Å². The number of carbonyl (C=O) groups is 1. The summed E-state index contributed by atoms with van der Waals surface area (Å²) in [7, 11) is 6.79. The number of esters is 1. The minimum atomic E-state index is -0.607. The van der Waals surface area contributed by atoms with E-state index in [9.17, 15) is 14.4 Å². The Labute approximate surface area is 173 Å². The molecule has 8 heteroatoms. The minimum Gasteiger partial charge on any atom is -0.458 e. The summed E-state index contributed by atoms with van der Waals surface area (Å²) in [5, 5.41) is 0.188. The van der Waals surface area contributed by atoms with Crippen LogP contribution < -0.4 is 16.1 Å². The first-order chi connectivity index (χ1) is 14.2. The van der Waals surface area contributed by atoms with Gasteiger partial charge in [0.2, 0.25) is 0 Å². The summed E-state index contributed by atoms with van der Waals surface area (Å²) >= 11 is 0. The predicted octanol–water partition coefficient (Wildman–Crippen LogP) is 2.02. The lowest BCUT2D eigenvalue weighted by Crippen LogP contribution is -2.38. The van der Waals surface area contributed by atoms with Crippen LogP contribution in [0.4, 0.5) is 5.69 Å². The molecular weight excluding hydrogens is 384 g/mol. The molecule has 8 nitrogen and oxygen atoms in total. The number of aryl methyl sites for hydroxylation is 2. The molecule has 0 saturated heterocycles. The van der Waals surface area contributed by atoms with Gasteiger partial charge in [0.05, 0.1) is 16.6 Å². The zero-order chi connectivity index (χ0) is 22.2. The summed E-state index contributed by atoms with van der Waals surface area (Å²) < 4.78 is 7.59. The van der Waals surface area contributed by atoms with Gasteiger partial charge in [0.1, 0.15) is 12.3 Å². The van der Waals surface area contributed by atoms with E-state index in [0.29, 0.717) is 16.8 Å². The van der Waals surface area contributed by atoms with Crippen LogP contribution in [0, 0.1) is 6.92 Å². The van der Waals surface area contributed by atoms with E-state index in [1.54, 1.807) is 14.0 Å². The van der Waals surface area contributed by atoms with Crippen LogP contribution >= 0.6 is 0 Å². The average Bonchev–Trinajstić information content (AvgIpc) is 2.73. The highest BCUT2D eigenvalue weighted by Gasteiger charge is 2.25. The summed E-state index contributed by atoms with van der Waals surface area (Å²) in [5.74, 6) is -0.607. The fourth-order valence-electron chi connectivity index (χ4n) is 3.38. The largest absolute Gasteiger partial charge is 0.458 e. The van der Waals surface area contributed by atoms with E-state index in [0.717, 1.165) is 10.3 Å². The van der Waals surface area contributed by atoms with E-state index in [1.165, 1.54) is 17.7 Å². The molecule has 0 bridgehead atoms. The normalized spacial score (nSPS) is 10.8. The molecule has 0 unspecified atom stereocenters. The Bertz CT molecular complexity index is 1270. The highest BCUT2D eigenvalue weighted by molar-refractivity contribution is 6.07. The van der Waals surface area contributed by atoms with Crippen molar-refractivity contribution in [3.63, 3.8) is 0 Å². The first-order valence-corrected chi connectivity index (χ1v) is 9.35. The number of hydrogen-bond donors (Lipinski definition) is 0. The fraction of sp³-hybridized carbons (Fsp3) is 0.273. The van der Waals surface area contributed by atoms with Crippen molar-refractivity contribution in [3.8, 4) is 11.1 Å². The molecule has 30 heavy (non-hydrogen) atoms. The molecule has 0 aliphatic rings. The van der Waals surface area contributed by atoms with Gasteiger partial charge in [-0.3, -0.25) is 13.9 Å². The van der Waals surface area contributed by atoms with Crippen LogP contribution in [0.3, 0.4) is 0 Å². The number of hydrogen-bond acceptors (Lipinski definition) is 6. The van der Waals surface area contributed by atoms with Crippen molar-refractivity contribution in [1.82, 2.24) is 14.1 Å². The van der Waals surface area contributed by atoms with Crippen molar-refractivity contribution in [1.29, 1.82) is 0 Å². The van der Waals surface area contributed by atoms with E-state index >= 15 is 0 Å². The number of benzene rings is 1. The van der Waals surface area contributed by atoms with Crippen molar-refractivity contribution in [2.45, 2.75) is 6.92 Å². The van der Waals surface area contributed by atoms with Gasteiger partial charge < -0.3 is 9.64 Å². The molecule has 0 atom stereocenters. The lowest BCUT2D eigenvalue weighted by molar-refractivity contribution is 0.0549. The highest BCUT2D eigenvalue weighted by atomic mass is 16.5. The van der Waals surface area contributed by atoms with Gasteiger partial charge in [0, 0.05) is 39.4 Å². The molecular formula is C22H24N4O4. The van der Waals surface area contributed by atoms with Crippen molar-refractivity contribution in [2.24, 2.45) is 14.1 Å². The molecule has 0 spiro atoms. The lowest BCUT2D eigenvalue weighted by Gasteiger charge is -2.18. The standard InChI is InChI=1S/C22H24N4O4/c1-7-12-30-21(28)16-13(2)23-19-18(20(27)26(6)22(29)25(19)5)17(16)14-8-10-15(11-9-14)24(3)4/h7-11H,1,12H2,2-6H3. The Balaban J connectivity index is 2.49. The zero-order valence-electron chi connectivity index (χ0n) is 17.7. The van der Waals surface area contributed by atoms with Gasteiger partial charge >= 0.3 is 11.7 Å². The third-order valence-corrected chi connectivity index (χ3v) is 4.98. The number of nitrogens with zero attached hydrogens (tertiary/aromatic N) is 4. The molecule has 0 aliphatic heterocycles. The predicted molar refractivity (Wildman–Crippen MR) is 117 cm³/mol. The van der Waals surface area contributed by atoms with Gasteiger partial charge in [-0.1, -0.05) is 24.8 Å². The minimum absolute atomic E-state index is 0.0284. The topological polar surface area (TPSA) is 86.4 Å². The molecule has 0 fully saturated rings. The van der Waals surface area contributed by atoms with Crippen LogP contribution in [0.25, 0.3) is 22.2 Å². The second-order valence-electron chi connectivity index (χ2n) is 7.18. The Morgan fingerprint density at radius 3 is 2.37 bits per heavy atom. The maximum absolute atomic E-state index is 13.1. The fourth-order valence-corrected chi connectivity index (χ4v) is 3.38. The van der Waals surface area contributed by atoms with Crippen LogP contribution in [0.5, 0.6) is 0 Å². The van der Waals surface area contributed by atoms with Crippen LogP contribution in [0.1, 0.15) is 16.1 Å². The van der Waals surface area contributed by atoms with E-state index in [4.69, 9.17) is 4.74 Å². The van der Waals surface area contributed by atoms with Crippen molar-refractivity contribution < 1.29 is 9.53 Å². The Hall–Kier alpha value is -3.68. The van der Waals surface area contributed by atoms with Crippen LogP contribution in [-0.4, -0.2) is 40.8 Å². The number of rotatable bonds is 5. The number of anilines is 1. The number of fused-ring (bicyclic) bond motifs is 1. The molecule has 156 valence electrons. The smallest absolute Gasteiger partial charge is 0.340 e. The number of carbonyl (C=O) groups excluding carboxylic acids is 1. The van der Waals surface area contributed by atoms with Gasteiger partial charge in [0.25, 0.3) is 5.56 Å². The molecule has 0 N–H and O–H groups in total. The number of aromatic nitrogens is 3. The monoisotopic (exact) mass is 408 g/mol.